The highest BCUT2D eigenvalue weighted by atomic mass is 15.5. The van der Waals surface area contributed by atoms with Crippen LogP contribution < -0.4 is 5.32 Å². The van der Waals surface area contributed by atoms with Crippen molar-refractivity contribution < 1.29 is 0 Å². The van der Waals surface area contributed by atoms with Gasteiger partial charge in [0.25, 0.3) is 0 Å². The van der Waals surface area contributed by atoms with Gasteiger partial charge in [0.05, 0.1) is 12.0 Å². The third kappa shape index (κ3) is 3.32. The highest BCUT2D eigenvalue weighted by Crippen LogP contribution is 2.15. The van der Waals surface area contributed by atoms with Gasteiger partial charge in [-0.25, -0.2) is 9.67 Å². The first-order valence-electron chi connectivity index (χ1n) is 6.85. The first kappa shape index (κ1) is 13.4. The van der Waals surface area contributed by atoms with Gasteiger partial charge in [-0.2, -0.15) is 0 Å². The molecular formula is C14H17N7. The SMILES string of the molecule is CC(NCCn1ccnc1)c1cccc(-n2cnnn2)c1. The molecule has 1 atom stereocenters. The van der Waals surface area contributed by atoms with Crippen LogP contribution in [0, 0.1) is 0 Å². The molecule has 21 heavy (non-hydrogen) atoms. The number of benzene rings is 1. The molecule has 3 aromatic rings. The lowest BCUT2D eigenvalue weighted by Gasteiger charge is -2.15. The predicted molar refractivity (Wildman–Crippen MR) is 77.8 cm³/mol. The van der Waals surface area contributed by atoms with Crippen molar-refractivity contribution in [3.05, 3.63) is 54.9 Å². The van der Waals surface area contributed by atoms with E-state index in [0.29, 0.717) is 0 Å². The number of imidazole rings is 1. The summed E-state index contributed by atoms with van der Waals surface area (Å²) in [6.07, 6.45) is 7.17. The van der Waals surface area contributed by atoms with E-state index in [4.69, 9.17) is 0 Å². The summed E-state index contributed by atoms with van der Waals surface area (Å²) < 4.78 is 3.71. The van der Waals surface area contributed by atoms with Gasteiger partial charge in [-0.05, 0) is 35.0 Å². The highest BCUT2D eigenvalue weighted by molar-refractivity contribution is 5.35. The number of hydrogen-bond acceptors (Lipinski definition) is 5. The van der Waals surface area contributed by atoms with Crippen LogP contribution in [0.15, 0.2) is 49.3 Å². The quantitative estimate of drug-likeness (QED) is 0.736. The number of nitrogens with one attached hydrogen (secondary N) is 1. The number of hydrogen-bond donors (Lipinski definition) is 1. The van der Waals surface area contributed by atoms with Crippen LogP contribution in [0.25, 0.3) is 5.69 Å². The largest absolute Gasteiger partial charge is 0.336 e. The van der Waals surface area contributed by atoms with E-state index in [2.05, 4.69) is 49.4 Å². The normalized spacial score (nSPS) is 12.4. The highest BCUT2D eigenvalue weighted by Gasteiger charge is 2.06. The van der Waals surface area contributed by atoms with Crippen molar-refractivity contribution in [1.29, 1.82) is 0 Å². The van der Waals surface area contributed by atoms with E-state index in [1.54, 1.807) is 17.2 Å². The number of aromatic nitrogens is 6. The average molecular weight is 283 g/mol. The second-order valence-electron chi connectivity index (χ2n) is 4.83. The molecule has 7 nitrogen and oxygen atoms in total. The molecule has 108 valence electrons. The molecule has 0 fully saturated rings. The number of tetrazole rings is 1. The summed E-state index contributed by atoms with van der Waals surface area (Å²) in [6, 6.07) is 8.44. The van der Waals surface area contributed by atoms with Gasteiger partial charge < -0.3 is 9.88 Å². The zero-order valence-electron chi connectivity index (χ0n) is 11.8. The van der Waals surface area contributed by atoms with Crippen LogP contribution in [0.1, 0.15) is 18.5 Å². The Labute approximate surface area is 122 Å². The average Bonchev–Trinajstić information content (AvgIpc) is 3.21. The smallest absolute Gasteiger partial charge is 0.143 e. The topological polar surface area (TPSA) is 73.5 Å². The van der Waals surface area contributed by atoms with E-state index in [1.165, 1.54) is 5.56 Å². The molecule has 2 aromatic heterocycles. The second kappa shape index (κ2) is 6.27. The van der Waals surface area contributed by atoms with Crippen LogP contribution in [0.5, 0.6) is 0 Å². The molecule has 0 aliphatic rings. The molecule has 1 aromatic carbocycles. The Hall–Kier alpha value is -2.54. The van der Waals surface area contributed by atoms with Gasteiger partial charge in [0.2, 0.25) is 0 Å². The Morgan fingerprint density at radius 2 is 2.24 bits per heavy atom. The lowest BCUT2D eigenvalue weighted by molar-refractivity contribution is 0.530. The van der Waals surface area contributed by atoms with E-state index in [9.17, 15) is 0 Å². The maximum absolute atomic E-state index is 4.03. The van der Waals surface area contributed by atoms with E-state index in [-0.39, 0.29) is 6.04 Å². The molecule has 0 saturated heterocycles. The number of nitrogens with zero attached hydrogens (tertiary/aromatic N) is 6. The maximum atomic E-state index is 4.03. The Kier molecular flexibility index (Phi) is 4.02. The minimum atomic E-state index is 0.255. The van der Waals surface area contributed by atoms with E-state index in [0.717, 1.165) is 18.8 Å². The summed E-state index contributed by atoms with van der Waals surface area (Å²) in [5, 5.41) is 14.7. The second-order valence-corrected chi connectivity index (χ2v) is 4.83. The van der Waals surface area contributed by atoms with Gasteiger partial charge in [0, 0.05) is 31.5 Å². The van der Waals surface area contributed by atoms with E-state index >= 15 is 0 Å². The van der Waals surface area contributed by atoms with Crippen LogP contribution in [0.4, 0.5) is 0 Å². The molecule has 0 saturated carbocycles. The molecule has 0 bridgehead atoms. The summed E-state index contributed by atoms with van der Waals surface area (Å²) in [4.78, 5) is 4.03. The summed E-state index contributed by atoms with van der Waals surface area (Å²) in [7, 11) is 0. The molecule has 1 unspecified atom stereocenters. The third-order valence-corrected chi connectivity index (χ3v) is 3.36. The minimum Gasteiger partial charge on any atom is -0.336 e. The van der Waals surface area contributed by atoms with Gasteiger partial charge in [0.15, 0.2) is 0 Å². The van der Waals surface area contributed by atoms with Crippen LogP contribution >= 0.6 is 0 Å². The fourth-order valence-corrected chi connectivity index (χ4v) is 2.16. The van der Waals surface area contributed by atoms with Crippen molar-refractivity contribution in [1.82, 2.24) is 35.1 Å². The molecular weight excluding hydrogens is 266 g/mol. The molecule has 7 heteroatoms. The fourth-order valence-electron chi connectivity index (χ4n) is 2.16. The predicted octanol–water partition coefficient (Wildman–Crippen LogP) is 1.21. The molecule has 0 aliphatic carbocycles. The first-order chi connectivity index (χ1) is 10.3. The third-order valence-electron chi connectivity index (χ3n) is 3.36. The summed E-state index contributed by atoms with van der Waals surface area (Å²) >= 11 is 0. The standard InChI is InChI=1S/C14H17N7/c1-12(16-6-8-20-7-5-15-10-20)13-3-2-4-14(9-13)21-11-17-18-19-21/h2-5,7,9-12,16H,6,8H2,1H3. The van der Waals surface area contributed by atoms with E-state index in [1.807, 2.05) is 24.7 Å². The monoisotopic (exact) mass is 283 g/mol. The van der Waals surface area contributed by atoms with Crippen molar-refractivity contribution in [2.24, 2.45) is 0 Å². The Morgan fingerprint density at radius 1 is 1.29 bits per heavy atom. The lowest BCUT2D eigenvalue weighted by Crippen LogP contribution is -2.23. The van der Waals surface area contributed by atoms with Gasteiger partial charge >= 0.3 is 0 Å². The number of rotatable bonds is 6. The Bertz CT molecular complexity index is 660. The fraction of sp³-hybridized carbons (Fsp3) is 0.286. The zero-order valence-corrected chi connectivity index (χ0v) is 11.8. The molecule has 0 amide bonds. The minimum absolute atomic E-state index is 0.255. The van der Waals surface area contributed by atoms with Crippen molar-refractivity contribution in [3.63, 3.8) is 0 Å². The summed E-state index contributed by atoms with van der Waals surface area (Å²) in [5.74, 6) is 0. The molecule has 3 rings (SSSR count). The lowest BCUT2D eigenvalue weighted by atomic mass is 10.1. The first-order valence-corrected chi connectivity index (χ1v) is 6.85. The van der Waals surface area contributed by atoms with Crippen LogP contribution in [-0.4, -0.2) is 36.3 Å². The van der Waals surface area contributed by atoms with Crippen molar-refractivity contribution >= 4 is 0 Å². The zero-order chi connectivity index (χ0) is 14.5. The molecule has 1 N–H and O–H groups in total. The molecule has 2 heterocycles. The van der Waals surface area contributed by atoms with Gasteiger partial charge in [-0.3, -0.25) is 0 Å². The van der Waals surface area contributed by atoms with Crippen LogP contribution in [0.3, 0.4) is 0 Å². The van der Waals surface area contributed by atoms with Crippen molar-refractivity contribution in [3.8, 4) is 5.69 Å². The van der Waals surface area contributed by atoms with Crippen LogP contribution in [-0.2, 0) is 6.54 Å². The molecule has 0 radical (unpaired) electrons. The van der Waals surface area contributed by atoms with Crippen molar-refractivity contribution in [2.75, 3.05) is 6.54 Å². The molecule has 0 spiro atoms. The van der Waals surface area contributed by atoms with E-state index < -0.39 is 0 Å². The maximum Gasteiger partial charge on any atom is 0.143 e. The van der Waals surface area contributed by atoms with Crippen LogP contribution in [0.2, 0.25) is 0 Å². The molecule has 0 aliphatic heterocycles. The Morgan fingerprint density at radius 3 is 3.00 bits per heavy atom. The van der Waals surface area contributed by atoms with Crippen molar-refractivity contribution in [2.45, 2.75) is 19.5 Å². The van der Waals surface area contributed by atoms with Gasteiger partial charge in [-0.15, -0.1) is 5.10 Å². The Balaban J connectivity index is 1.62. The van der Waals surface area contributed by atoms with Gasteiger partial charge in [0.1, 0.15) is 6.33 Å². The summed E-state index contributed by atoms with van der Waals surface area (Å²) in [6.45, 7) is 3.93. The van der Waals surface area contributed by atoms with Gasteiger partial charge in [-0.1, -0.05) is 12.1 Å². The summed E-state index contributed by atoms with van der Waals surface area (Å²) in [5.41, 5.74) is 2.16.